The monoisotopic (exact) mass is 478 g/mol. The van der Waals surface area contributed by atoms with Gasteiger partial charge in [-0.1, -0.05) is 0 Å². The Bertz CT molecular complexity index is 1210. The highest BCUT2D eigenvalue weighted by molar-refractivity contribution is 5.58. The highest BCUT2D eigenvalue weighted by Gasteiger charge is 2.14. The average Bonchev–Trinajstić information content (AvgIpc) is 2.76. The van der Waals surface area contributed by atoms with Crippen LogP contribution < -0.4 is 0 Å². The summed E-state index contributed by atoms with van der Waals surface area (Å²) < 4.78 is 0. The van der Waals surface area contributed by atoms with Crippen LogP contribution in [0.25, 0.3) is 22.8 Å². The topological polar surface area (TPSA) is 58.0 Å². The molecular weight excluding hydrogens is 444 g/mol. The normalized spacial score (nSPS) is 14.8. The van der Waals surface area contributed by atoms with Gasteiger partial charge in [-0.2, -0.15) is 0 Å². The van der Waals surface area contributed by atoms with Gasteiger partial charge in [-0.3, -0.25) is 9.80 Å². The van der Waals surface area contributed by atoms with Gasteiger partial charge in [-0.25, -0.2) is 19.9 Å². The third-order valence-corrected chi connectivity index (χ3v) is 6.34. The summed E-state index contributed by atoms with van der Waals surface area (Å²) in [6, 6.07) is 17.2. The number of hydrogen-bond acceptors (Lipinski definition) is 6. The minimum atomic E-state index is 0.730. The minimum Gasteiger partial charge on any atom is -0.295 e. The van der Waals surface area contributed by atoms with Crippen LogP contribution in [0.5, 0.6) is 0 Å². The third kappa shape index (κ3) is 5.66. The highest BCUT2D eigenvalue weighted by Crippen LogP contribution is 2.23. The van der Waals surface area contributed by atoms with Crippen molar-refractivity contribution in [3.8, 4) is 22.8 Å². The Morgan fingerprint density at radius 2 is 0.639 bits per heavy atom. The Morgan fingerprint density at radius 1 is 0.417 bits per heavy atom. The first-order valence-electron chi connectivity index (χ1n) is 12.5. The van der Waals surface area contributed by atoms with Crippen molar-refractivity contribution in [1.82, 2.24) is 29.7 Å². The summed E-state index contributed by atoms with van der Waals surface area (Å²) in [5.74, 6) is 0. The van der Waals surface area contributed by atoms with Gasteiger partial charge in [0.15, 0.2) is 0 Å². The molecular formula is C30H34N6. The van der Waals surface area contributed by atoms with E-state index in [4.69, 9.17) is 19.9 Å². The fourth-order valence-corrected chi connectivity index (χ4v) is 5.02. The molecule has 0 aromatic carbocycles. The maximum atomic E-state index is 5.01. The molecule has 8 bridgehead atoms. The molecule has 0 aliphatic carbocycles. The van der Waals surface area contributed by atoms with E-state index in [1.165, 1.54) is 22.3 Å². The standard InChI is InChI=1S/C30H34N6/c1-19-7-23-15-35(5)16-25-9-21(3)13-29(33-25)30-14-22(4)10-26(34-30)18-36(6)17-24-8-20(2)12-28(32-24)27(11-19)31-23/h7-14H,15-18H2,1-6H3. The number of fused-ring (bicyclic) bond motifs is 10. The van der Waals surface area contributed by atoms with Gasteiger partial charge in [-0.15, -0.1) is 0 Å². The van der Waals surface area contributed by atoms with E-state index in [9.17, 15) is 0 Å². The van der Waals surface area contributed by atoms with E-state index in [2.05, 4.69) is 100 Å². The van der Waals surface area contributed by atoms with Crippen molar-refractivity contribution >= 4 is 0 Å². The van der Waals surface area contributed by atoms with Crippen LogP contribution in [0.1, 0.15) is 45.0 Å². The molecule has 0 fully saturated rings. The second-order valence-corrected chi connectivity index (χ2v) is 10.4. The van der Waals surface area contributed by atoms with Gasteiger partial charge in [0.1, 0.15) is 0 Å². The molecule has 4 aromatic heterocycles. The zero-order valence-electron chi connectivity index (χ0n) is 22.1. The molecule has 184 valence electrons. The van der Waals surface area contributed by atoms with Gasteiger partial charge in [0.2, 0.25) is 0 Å². The fourth-order valence-electron chi connectivity index (χ4n) is 5.02. The maximum absolute atomic E-state index is 5.01. The van der Waals surface area contributed by atoms with Gasteiger partial charge >= 0.3 is 0 Å². The Labute approximate surface area is 214 Å². The largest absolute Gasteiger partial charge is 0.295 e. The lowest BCUT2D eigenvalue weighted by Gasteiger charge is -2.20. The molecule has 6 nitrogen and oxygen atoms in total. The molecule has 0 amide bonds. The number of aryl methyl sites for hydroxylation is 4. The molecule has 0 unspecified atom stereocenters. The first kappa shape index (κ1) is 24.2. The lowest BCUT2D eigenvalue weighted by Crippen LogP contribution is -2.20. The molecule has 0 saturated carbocycles. The van der Waals surface area contributed by atoms with E-state index in [1.807, 2.05) is 0 Å². The average molecular weight is 479 g/mol. The fraction of sp³-hybridized carbons (Fsp3) is 0.333. The van der Waals surface area contributed by atoms with E-state index in [0.717, 1.165) is 71.7 Å². The van der Waals surface area contributed by atoms with Crippen LogP contribution in [-0.2, 0) is 26.2 Å². The van der Waals surface area contributed by atoms with E-state index < -0.39 is 0 Å². The van der Waals surface area contributed by atoms with E-state index >= 15 is 0 Å². The van der Waals surface area contributed by atoms with Crippen LogP contribution in [0.4, 0.5) is 0 Å². The number of pyridine rings is 4. The molecule has 0 N–H and O–H groups in total. The first-order valence-corrected chi connectivity index (χ1v) is 12.5. The highest BCUT2D eigenvalue weighted by atomic mass is 15.1. The summed E-state index contributed by atoms with van der Waals surface area (Å²) in [7, 11) is 4.24. The van der Waals surface area contributed by atoms with E-state index in [-0.39, 0.29) is 0 Å². The van der Waals surface area contributed by atoms with Crippen LogP contribution in [0, 0.1) is 27.7 Å². The molecule has 0 radical (unpaired) electrons. The molecule has 1 aliphatic heterocycles. The van der Waals surface area contributed by atoms with Gasteiger partial charge in [0.25, 0.3) is 0 Å². The maximum Gasteiger partial charge on any atom is 0.0892 e. The molecule has 5 heterocycles. The lowest BCUT2D eigenvalue weighted by molar-refractivity contribution is 0.310. The SMILES string of the molecule is Cc1cc2nc(c1)-c1cc(C)cc(n1)CN(C)Cc1cc(C)cc(n1)-c1cc(C)cc(n1)CN(C)C2. The number of hydrogen-bond donors (Lipinski definition) is 0. The zero-order chi connectivity index (χ0) is 25.4. The van der Waals surface area contributed by atoms with Crippen LogP contribution in [0.2, 0.25) is 0 Å². The van der Waals surface area contributed by atoms with E-state index in [0.29, 0.717) is 0 Å². The van der Waals surface area contributed by atoms with Crippen molar-refractivity contribution in [2.45, 2.75) is 53.9 Å². The Morgan fingerprint density at radius 3 is 0.861 bits per heavy atom. The molecule has 36 heavy (non-hydrogen) atoms. The van der Waals surface area contributed by atoms with Crippen LogP contribution in [0.3, 0.4) is 0 Å². The Hall–Kier alpha value is -3.48. The van der Waals surface area contributed by atoms with Crippen LogP contribution >= 0.6 is 0 Å². The van der Waals surface area contributed by atoms with Gasteiger partial charge < -0.3 is 0 Å². The van der Waals surface area contributed by atoms with Crippen molar-refractivity contribution < 1.29 is 0 Å². The number of aromatic nitrogens is 4. The molecule has 1 aliphatic rings. The summed E-state index contributed by atoms with van der Waals surface area (Å²) in [4.78, 5) is 24.6. The van der Waals surface area contributed by atoms with Gasteiger partial charge in [-0.05, 0) is 113 Å². The summed E-state index contributed by atoms with van der Waals surface area (Å²) in [6.45, 7) is 11.4. The Balaban J connectivity index is 1.62. The van der Waals surface area contributed by atoms with Gasteiger partial charge in [0, 0.05) is 26.2 Å². The van der Waals surface area contributed by atoms with Crippen molar-refractivity contribution in [1.29, 1.82) is 0 Å². The smallest absolute Gasteiger partial charge is 0.0892 e. The molecule has 0 atom stereocenters. The molecule has 4 aromatic rings. The second kappa shape index (κ2) is 9.88. The van der Waals surface area contributed by atoms with E-state index in [1.54, 1.807) is 0 Å². The van der Waals surface area contributed by atoms with Crippen molar-refractivity contribution in [2.24, 2.45) is 0 Å². The summed E-state index contributed by atoms with van der Waals surface area (Å²) in [5, 5.41) is 0. The quantitative estimate of drug-likeness (QED) is 0.337. The molecule has 0 spiro atoms. The Kier molecular flexibility index (Phi) is 6.65. The van der Waals surface area contributed by atoms with Crippen molar-refractivity contribution in [2.75, 3.05) is 14.1 Å². The molecule has 5 rings (SSSR count). The lowest BCUT2D eigenvalue weighted by atomic mass is 10.1. The summed E-state index contributed by atoms with van der Waals surface area (Å²) in [5.41, 5.74) is 12.6. The van der Waals surface area contributed by atoms with Crippen LogP contribution in [0.15, 0.2) is 48.5 Å². The number of nitrogens with zero attached hydrogens (tertiary/aromatic N) is 6. The zero-order valence-corrected chi connectivity index (χ0v) is 22.1. The molecule has 6 heteroatoms. The number of rotatable bonds is 0. The predicted octanol–water partition coefficient (Wildman–Crippen LogP) is 5.41. The summed E-state index contributed by atoms with van der Waals surface area (Å²) in [6.07, 6.45) is 0. The predicted molar refractivity (Wildman–Crippen MR) is 144 cm³/mol. The second-order valence-electron chi connectivity index (χ2n) is 10.4. The summed E-state index contributed by atoms with van der Waals surface area (Å²) >= 11 is 0. The molecule has 0 saturated heterocycles. The minimum absolute atomic E-state index is 0.730. The van der Waals surface area contributed by atoms with Crippen LogP contribution in [-0.4, -0.2) is 43.8 Å². The van der Waals surface area contributed by atoms with Crippen molar-refractivity contribution in [3.63, 3.8) is 0 Å². The first-order chi connectivity index (χ1) is 17.2. The van der Waals surface area contributed by atoms with Crippen molar-refractivity contribution in [3.05, 3.63) is 93.6 Å². The van der Waals surface area contributed by atoms with Gasteiger partial charge in [0.05, 0.1) is 45.6 Å². The third-order valence-electron chi connectivity index (χ3n) is 6.34.